The minimum atomic E-state index is -2.88. The Morgan fingerprint density at radius 1 is 1.65 bits per heavy atom. The highest BCUT2D eigenvalue weighted by molar-refractivity contribution is 7.91. The van der Waals surface area contributed by atoms with E-state index in [2.05, 4.69) is 15.3 Å². The van der Waals surface area contributed by atoms with Gasteiger partial charge >= 0.3 is 0 Å². The molecular formula is C10H15N3O3S. The largest absolute Gasteiger partial charge is 0.349 e. The van der Waals surface area contributed by atoms with E-state index < -0.39 is 9.84 Å². The van der Waals surface area contributed by atoms with Gasteiger partial charge in [-0.2, -0.15) is 0 Å². The average Bonchev–Trinajstić information content (AvgIpc) is 2.81. The average molecular weight is 257 g/mol. The quantitative estimate of drug-likeness (QED) is 0.789. The Hall–Kier alpha value is -1.37. The zero-order chi connectivity index (χ0) is 12.5. The van der Waals surface area contributed by atoms with Crippen LogP contribution in [0, 0.1) is 12.8 Å². The van der Waals surface area contributed by atoms with Crippen LogP contribution >= 0.6 is 0 Å². The monoisotopic (exact) mass is 257 g/mol. The van der Waals surface area contributed by atoms with Gasteiger partial charge in [-0.15, -0.1) is 0 Å². The van der Waals surface area contributed by atoms with E-state index in [0.29, 0.717) is 13.0 Å². The first-order chi connectivity index (χ1) is 7.96. The molecule has 1 unspecified atom stereocenters. The highest BCUT2D eigenvalue weighted by Crippen LogP contribution is 2.17. The molecular weight excluding hydrogens is 242 g/mol. The molecule has 1 aromatic heterocycles. The van der Waals surface area contributed by atoms with Crippen molar-refractivity contribution in [3.63, 3.8) is 0 Å². The van der Waals surface area contributed by atoms with Gasteiger partial charge in [-0.3, -0.25) is 4.79 Å². The van der Waals surface area contributed by atoms with E-state index >= 15 is 0 Å². The fraction of sp³-hybridized carbons (Fsp3) is 0.600. The molecule has 1 amide bonds. The maximum atomic E-state index is 11.6. The Kier molecular flexibility index (Phi) is 3.19. The van der Waals surface area contributed by atoms with Gasteiger partial charge in [0.2, 0.25) is 0 Å². The second kappa shape index (κ2) is 4.48. The van der Waals surface area contributed by atoms with Crippen LogP contribution < -0.4 is 5.32 Å². The lowest BCUT2D eigenvalue weighted by atomic mass is 10.1. The van der Waals surface area contributed by atoms with Crippen LogP contribution in [0.25, 0.3) is 0 Å². The smallest absolute Gasteiger partial charge is 0.287 e. The van der Waals surface area contributed by atoms with E-state index in [0.717, 1.165) is 5.69 Å². The second-order valence-corrected chi connectivity index (χ2v) is 6.62. The van der Waals surface area contributed by atoms with Crippen LogP contribution in [-0.4, -0.2) is 42.3 Å². The summed E-state index contributed by atoms with van der Waals surface area (Å²) in [6.45, 7) is 2.20. The van der Waals surface area contributed by atoms with E-state index in [-0.39, 0.29) is 29.2 Å². The number of hydrogen-bond donors (Lipinski definition) is 2. The van der Waals surface area contributed by atoms with Crippen molar-refractivity contribution in [3.8, 4) is 0 Å². The molecule has 1 aliphatic heterocycles. The highest BCUT2D eigenvalue weighted by Gasteiger charge is 2.28. The van der Waals surface area contributed by atoms with Gasteiger partial charge in [-0.1, -0.05) is 0 Å². The molecule has 0 radical (unpaired) electrons. The molecule has 0 bridgehead atoms. The number of carbonyl (C=O) groups is 1. The molecule has 6 nitrogen and oxygen atoms in total. The number of imidazole rings is 1. The minimum Gasteiger partial charge on any atom is -0.349 e. The second-order valence-electron chi connectivity index (χ2n) is 4.39. The van der Waals surface area contributed by atoms with Crippen molar-refractivity contribution in [1.29, 1.82) is 0 Å². The predicted molar refractivity (Wildman–Crippen MR) is 62.4 cm³/mol. The summed E-state index contributed by atoms with van der Waals surface area (Å²) in [6.07, 6.45) is 2.20. The fourth-order valence-electron chi connectivity index (χ4n) is 1.88. The topological polar surface area (TPSA) is 91.9 Å². The first-order valence-corrected chi connectivity index (χ1v) is 7.28. The van der Waals surface area contributed by atoms with Gasteiger partial charge in [0.05, 0.1) is 11.5 Å². The summed E-state index contributed by atoms with van der Waals surface area (Å²) in [6, 6.07) is 0. The number of rotatable bonds is 3. The number of aromatic nitrogens is 2. The maximum absolute atomic E-state index is 11.6. The van der Waals surface area contributed by atoms with Gasteiger partial charge in [-0.05, 0) is 19.3 Å². The van der Waals surface area contributed by atoms with Gasteiger partial charge in [0.15, 0.2) is 15.7 Å². The van der Waals surface area contributed by atoms with Crippen molar-refractivity contribution in [1.82, 2.24) is 15.3 Å². The zero-order valence-corrected chi connectivity index (χ0v) is 10.4. The number of carbonyl (C=O) groups excluding carboxylic acids is 1. The van der Waals surface area contributed by atoms with Crippen molar-refractivity contribution < 1.29 is 13.2 Å². The first kappa shape index (κ1) is 12.1. The third-order valence-electron chi connectivity index (χ3n) is 2.80. The molecule has 94 valence electrons. The van der Waals surface area contributed by atoms with Gasteiger partial charge < -0.3 is 10.3 Å². The molecule has 2 N–H and O–H groups in total. The summed E-state index contributed by atoms with van der Waals surface area (Å²) >= 11 is 0. The fourth-order valence-corrected chi connectivity index (χ4v) is 3.74. The normalized spacial score (nSPS) is 22.5. The summed E-state index contributed by atoms with van der Waals surface area (Å²) in [7, 11) is -2.88. The Morgan fingerprint density at radius 2 is 2.41 bits per heavy atom. The van der Waals surface area contributed by atoms with Crippen molar-refractivity contribution >= 4 is 15.7 Å². The van der Waals surface area contributed by atoms with Crippen molar-refractivity contribution in [2.75, 3.05) is 18.1 Å². The van der Waals surface area contributed by atoms with Crippen LogP contribution in [0.4, 0.5) is 0 Å². The van der Waals surface area contributed by atoms with Gasteiger partial charge in [0.25, 0.3) is 5.91 Å². The number of H-pyrrole nitrogens is 1. The van der Waals surface area contributed by atoms with Gasteiger partial charge in [0, 0.05) is 18.4 Å². The van der Waals surface area contributed by atoms with Gasteiger partial charge in [0.1, 0.15) is 0 Å². The molecule has 17 heavy (non-hydrogen) atoms. The highest BCUT2D eigenvalue weighted by atomic mass is 32.2. The number of sulfone groups is 1. The standard InChI is InChI=1S/C10H15N3O3S/c1-7-4-11-9(13-7)10(14)12-5-8-2-3-17(15,16)6-8/h4,8H,2-3,5-6H2,1H3,(H,11,13)(H,12,14). The van der Waals surface area contributed by atoms with E-state index in [1.54, 1.807) is 6.20 Å². The lowest BCUT2D eigenvalue weighted by molar-refractivity contribution is 0.0939. The number of aromatic amines is 1. The van der Waals surface area contributed by atoms with Gasteiger partial charge in [-0.25, -0.2) is 13.4 Å². The minimum absolute atomic E-state index is 0.0278. The Morgan fingerprint density at radius 3 is 2.94 bits per heavy atom. The number of hydrogen-bond acceptors (Lipinski definition) is 4. The van der Waals surface area contributed by atoms with Crippen molar-refractivity contribution in [2.45, 2.75) is 13.3 Å². The molecule has 1 saturated heterocycles. The predicted octanol–water partition coefficient (Wildman–Crippen LogP) is -0.117. The summed E-state index contributed by atoms with van der Waals surface area (Å²) < 4.78 is 22.5. The van der Waals surface area contributed by atoms with E-state index in [1.807, 2.05) is 6.92 Å². The van der Waals surface area contributed by atoms with Crippen LogP contribution in [0.5, 0.6) is 0 Å². The Balaban J connectivity index is 1.85. The lowest BCUT2D eigenvalue weighted by Crippen LogP contribution is -2.30. The molecule has 7 heteroatoms. The molecule has 1 fully saturated rings. The van der Waals surface area contributed by atoms with E-state index in [9.17, 15) is 13.2 Å². The third-order valence-corrected chi connectivity index (χ3v) is 4.63. The first-order valence-electron chi connectivity index (χ1n) is 5.46. The molecule has 0 spiro atoms. The third kappa shape index (κ3) is 3.06. The SMILES string of the molecule is Cc1cnc(C(=O)NCC2CCS(=O)(=O)C2)[nH]1. The molecule has 0 aromatic carbocycles. The van der Waals surface area contributed by atoms with Crippen LogP contribution in [0.15, 0.2) is 6.20 Å². The summed E-state index contributed by atoms with van der Waals surface area (Å²) in [5.41, 5.74) is 0.818. The van der Waals surface area contributed by atoms with Crippen LogP contribution in [0.3, 0.4) is 0 Å². The van der Waals surface area contributed by atoms with Crippen molar-refractivity contribution in [2.24, 2.45) is 5.92 Å². The summed E-state index contributed by atoms with van der Waals surface area (Å²) in [5.74, 6) is 0.406. The van der Waals surface area contributed by atoms with Crippen LogP contribution in [0.2, 0.25) is 0 Å². The van der Waals surface area contributed by atoms with Crippen LogP contribution in [0.1, 0.15) is 22.7 Å². The zero-order valence-electron chi connectivity index (χ0n) is 9.56. The molecule has 0 saturated carbocycles. The molecule has 1 aromatic rings. The summed E-state index contributed by atoms with van der Waals surface area (Å²) in [5, 5.41) is 2.69. The van der Waals surface area contributed by atoms with E-state index in [1.165, 1.54) is 0 Å². The Labute approximate surface area is 99.7 Å². The molecule has 0 aliphatic carbocycles. The number of aryl methyl sites for hydroxylation is 1. The van der Waals surface area contributed by atoms with Crippen molar-refractivity contribution in [3.05, 3.63) is 17.7 Å². The number of nitrogens with zero attached hydrogens (tertiary/aromatic N) is 1. The number of amides is 1. The number of nitrogens with one attached hydrogen (secondary N) is 2. The molecule has 2 heterocycles. The molecule has 1 atom stereocenters. The maximum Gasteiger partial charge on any atom is 0.287 e. The molecule has 1 aliphatic rings. The molecule has 2 rings (SSSR count). The summed E-state index contributed by atoms with van der Waals surface area (Å²) in [4.78, 5) is 18.4. The lowest BCUT2D eigenvalue weighted by Gasteiger charge is -2.07. The Bertz CT molecular complexity index is 521. The van der Waals surface area contributed by atoms with Crippen LogP contribution in [-0.2, 0) is 9.84 Å². The van der Waals surface area contributed by atoms with E-state index in [4.69, 9.17) is 0 Å².